The topological polar surface area (TPSA) is 80.3 Å². The van der Waals surface area contributed by atoms with Gasteiger partial charge >= 0.3 is 0 Å². The van der Waals surface area contributed by atoms with Gasteiger partial charge in [0.15, 0.2) is 11.6 Å². The van der Waals surface area contributed by atoms with Crippen molar-refractivity contribution in [3.8, 4) is 0 Å². The molecule has 0 aliphatic heterocycles. The summed E-state index contributed by atoms with van der Waals surface area (Å²) in [5.74, 6) is -0.412. The highest BCUT2D eigenvalue weighted by Gasteiger charge is 1.94. The van der Waals surface area contributed by atoms with Gasteiger partial charge in [-0.2, -0.15) is 0 Å². The number of carbonyl (C=O) groups excluding carboxylic acids is 4. The average Bonchev–Trinajstić information content (AvgIpc) is 2.29. The Balaban J connectivity index is -0.000000174. The molecule has 0 atom stereocenters. The summed E-state index contributed by atoms with van der Waals surface area (Å²) >= 11 is 0. The summed E-state index contributed by atoms with van der Waals surface area (Å²) < 4.78 is 0. The van der Waals surface area contributed by atoms with Gasteiger partial charge in [0.1, 0.15) is 5.78 Å². The Morgan fingerprint density at radius 2 is 1.12 bits per heavy atom. The van der Waals surface area contributed by atoms with Crippen LogP contribution in [0.25, 0.3) is 0 Å². The Morgan fingerprint density at radius 1 is 0.824 bits per heavy atom. The lowest BCUT2D eigenvalue weighted by molar-refractivity contribution is -0.134. The molecule has 0 bridgehead atoms. The monoisotopic (exact) mass is 245 g/mol. The van der Waals surface area contributed by atoms with Crippen molar-refractivity contribution in [3.05, 3.63) is 0 Å². The third kappa shape index (κ3) is 31.4. The van der Waals surface area contributed by atoms with E-state index < -0.39 is 0 Å². The lowest BCUT2D eigenvalue weighted by Gasteiger charge is -1.87. The van der Waals surface area contributed by atoms with Gasteiger partial charge in [0.25, 0.3) is 0 Å². The number of hydrogen-bond donors (Lipinski definition) is 1. The first-order valence-corrected chi connectivity index (χ1v) is 5.44. The molecule has 0 radical (unpaired) electrons. The van der Waals surface area contributed by atoms with Crippen molar-refractivity contribution in [3.63, 3.8) is 0 Å². The fraction of sp³-hybridized carbons (Fsp3) is 0.667. The van der Waals surface area contributed by atoms with Crippen LogP contribution in [-0.4, -0.2) is 30.3 Å². The molecule has 0 unspecified atom stereocenters. The van der Waals surface area contributed by atoms with E-state index in [4.69, 9.17) is 0 Å². The second-order valence-electron chi connectivity index (χ2n) is 3.19. The molecule has 0 saturated heterocycles. The van der Waals surface area contributed by atoms with Crippen LogP contribution in [0, 0.1) is 0 Å². The lowest BCUT2D eigenvalue weighted by atomic mass is 10.3. The minimum atomic E-state index is -0.380. The molecule has 5 nitrogen and oxygen atoms in total. The van der Waals surface area contributed by atoms with Gasteiger partial charge in [0, 0.05) is 33.7 Å². The number of amides is 1. The van der Waals surface area contributed by atoms with Crippen LogP contribution in [0.4, 0.5) is 0 Å². The van der Waals surface area contributed by atoms with Crippen molar-refractivity contribution in [1.29, 1.82) is 0 Å². The average molecular weight is 245 g/mol. The predicted molar refractivity (Wildman–Crippen MR) is 66.7 cm³/mol. The lowest BCUT2D eigenvalue weighted by Crippen LogP contribution is -2.15. The van der Waals surface area contributed by atoms with Crippen molar-refractivity contribution >= 4 is 23.3 Å². The second kappa shape index (κ2) is 14.5. The summed E-state index contributed by atoms with van der Waals surface area (Å²) in [5, 5.41) is 2.48. The van der Waals surface area contributed by atoms with E-state index in [2.05, 4.69) is 5.32 Å². The van der Waals surface area contributed by atoms with Gasteiger partial charge in [-0.15, -0.1) is 0 Å². The molecular formula is C12H23NO4. The molecule has 0 spiro atoms. The van der Waals surface area contributed by atoms with Crippen LogP contribution in [0.2, 0.25) is 0 Å². The quantitative estimate of drug-likeness (QED) is 0.760. The number of rotatable bonds is 3. The summed E-state index contributed by atoms with van der Waals surface area (Å²) in [5.41, 5.74) is 0. The van der Waals surface area contributed by atoms with Crippen molar-refractivity contribution in [2.75, 3.05) is 7.05 Å². The highest BCUT2D eigenvalue weighted by molar-refractivity contribution is 6.35. The van der Waals surface area contributed by atoms with Crippen LogP contribution < -0.4 is 5.32 Å². The zero-order valence-corrected chi connectivity index (χ0v) is 11.5. The molecule has 5 heteroatoms. The van der Waals surface area contributed by atoms with Gasteiger partial charge in [-0.1, -0.05) is 13.8 Å². The van der Waals surface area contributed by atoms with E-state index in [-0.39, 0.29) is 23.3 Å². The summed E-state index contributed by atoms with van der Waals surface area (Å²) in [4.78, 5) is 39.5. The van der Waals surface area contributed by atoms with E-state index >= 15 is 0 Å². The summed E-state index contributed by atoms with van der Waals surface area (Å²) in [6, 6.07) is 0. The maximum atomic E-state index is 10.1. The van der Waals surface area contributed by atoms with Crippen LogP contribution in [0.15, 0.2) is 0 Å². The molecule has 17 heavy (non-hydrogen) atoms. The molecule has 0 aromatic carbocycles. The molecule has 0 aliphatic carbocycles. The molecule has 1 N–H and O–H groups in total. The van der Waals surface area contributed by atoms with Crippen LogP contribution in [0.1, 0.15) is 47.5 Å². The van der Waals surface area contributed by atoms with E-state index in [9.17, 15) is 19.2 Å². The van der Waals surface area contributed by atoms with Crippen LogP contribution >= 0.6 is 0 Å². The minimum Gasteiger partial charge on any atom is -0.359 e. The van der Waals surface area contributed by atoms with E-state index in [1.807, 2.05) is 13.8 Å². The maximum Gasteiger partial charge on any atom is 0.219 e. The molecular weight excluding hydrogens is 222 g/mol. The van der Waals surface area contributed by atoms with Gasteiger partial charge < -0.3 is 10.1 Å². The molecule has 0 saturated carbocycles. The zero-order valence-electron chi connectivity index (χ0n) is 11.5. The molecule has 0 heterocycles. The van der Waals surface area contributed by atoms with Crippen molar-refractivity contribution in [2.45, 2.75) is 47.5 Å². The predicted octanol–water partition coefficient (Wildman–Crippen LogP) is 1.29. The molecule has 0 fully saturated rings. The third-order valence-electron chi connectivity index (χ3n) is 1.59. The number of nitrogens with one attached hydrogen (secondary N) is 1. The van der Waals surface area contributed by atoms with Crippen LogP contribution in [0.5, 0.6) is 0 Å². The first kappa shape index (κ1) is 20.8. The molecule has 0 aromatic heterocycles. The smallest absolute Gasteiger partial charge is 0.219 e. The summed E-state index contributed by atoms with van der Waals surface area (Å²) in [6.07, 6.45) is 1.25. The van der Waals surface area contributed by atoms with E-state index in [0.717, 1.165) is 0 Å². The Morgan fingerprint density at radius 3 is 1.12 bits per heavy atom. The van der Waals surface area contributed by atoms with E-state index in [1.54, 1.807) is 14.0 Å². The normalized spacial score (nSPS) is 7.65. The largest absolute Gasteiger partial charge is 0.359 e. The second-order valence-corrected chi connectivity index (χ2v) is 3.19. The van der Waals surface area contributed by atoms with Gasteiger partial charge in [-0.25, -0.2) is 0 Å². The first-order chi connectivity index (χ1) is 7.72. The highest BCUT2D eigenvalue weighted by atomic mass is 16.2. The Kier molecular flexibility index (Phi) is 17.8. The fourth-order valence-corrected chi connectivity index (χ4v) is 0.177. The van der Waals surface area contributed by atoms with E-state index in [1.165, 1.54) is 13.8 Å². The molecule has 0 aromatic rings. The van der Waals surface area contributed by atoms with Gasteiger partial charge in [-0.3, -0.25) is 14.4 Å². The van der Waals surface area contributed by atoms with Gasteiger partial charge in [0.05, 0.1) is 0 Å². The standard InChI is InChI=1S/C4H9NO.C4H6O2.C4H8O/c1-3-4(6)5-2;1-3(5)4(2)6;1-3-4(2)5/h3H2,1-2H3,(H,5,6);1-2H3;3H2,1-2H3. The number of carbonyl (C=O) groups is 4. The minimum absolute atomic E-state index is 0.0926. The molecule has 0 aliphatic rings. The first-order valence-electron chi connectivity index (χ1n) is 5.44. The summed E-state index contributed by atoms with van der Waals surface area (Å²) in [6.45, 7) is 7.76. The zero-order chi connectivity index (χ0) is 14.4. The number of Topliss-reactive ketones (excluding diaryl/α,β-unsaturated/α-hetero) is 3. The number of hydrogen-bond acceptors (Lipinski definition) is 4. The van der Waals surface area contributed by atoms with Crippen molar-refractivity contribution in [1.82, 2.24) is 5.32 Å². The van der Waals surface area contributed by atoms with Crippen molar-refractivity contribution in [2.24, 2.45) is 0 Å². The highest BCUT2D eigenvalue weighted by Crippen LogP contribution is 1.71. The van der Waals surface area contributed by atoms with Crippen LogP contribution in [-0.2, 0) is 19.2 Å². The Bertz CT molecular complexity index is 241. The van der Waals surface area contributed by atoms with Crippen molar-refractivity contribution < 1.29 is 19.2 Å². The molecule has 100 valence electrons. The Hall–Kier alpha value is -1.52. The fourth-order valence-electron chi connectivity index (χ4n) is 0.177. The Labute approximate surface area is 103 Å². The third-order valence-corrected chi connectivity index (χ3v) is 1.59. The van der Waals surface area contributed by atoms with Crippen LogP contribution in [0.3, 0.4) is 0 Å². The SMILES string of the molecule is CC(=O)C(C)=O.CCC(=O)NC.CCC(C)=O. The maximum absolute atomic E-state index is 10.1. The van der Waals surface area contributed by atoms with Gasteiger partial charge in [0.2, 0.25) is 5.91 Å². The van der Waals surface area contributed by atoms with E-state index in [0.29, 0.717) is 12.8 Å². The molecule has 1 amide bonds. The summed E-state index contributed by atoms with van der Waals surface area (Å²) in [7, 11) is 1.63. The number of ketones is 3. The van der Waals surface area contributed by atoms with Gasteiger partial charge in [-0.05, 0) is 6.92 Å². The molecule has 0 rings (SSSR count).